The lowest BCUT2D eigenvalue weighted by Gasteiger charge is -2.30. The van der Waals surface area contributed by atoms with E-state index < -0.39 is 0 Å². The lowest BCUT2D eigenvalue weighted by Crippen LogP contribution is -2.42. The smallest absolute Gasteiger partial charge is 0.257 e. The fourth-order valence-electron chi connectivity index (χ4n) is 2.41. The van der Waals surface area contributed by atoms with Gasteiger partial charge in [0, 0.05) is 25.2 Å². The van der Waals surface area contributed by atoms with Gasteiger partial charge in [-0.3, -0.25) is 4.79 Å². The Morgan fingerprint density at radius 3 is 2.71 bits per heavy atom. The molecule has 1 saturated heterocycles. The van der Waals surface area contributed by atoms with Gasteiger partial charge in [0.05, 0.1) is 19.3 Å². The van der Waals surface area contributed by atoms with Crippen molar-refractivity contribution < 1.29 is 14.3 Å². The van der Waals surface area contributed by atoms with Crippen LogP contribution in [0.15, 0.2) is 18.2 Å². The summed E-state index contributed by atoms with van der Waals surface area (Å²) in [5.74, 6) is 1.30. The molecule has 0 saturated carbocycles. The molecule has 1 amide bonds. The number of benzene rings is 1. The highest BCUT2D eigenvalue weighted by molar-refractivity contribution is 5.97. The minimum atomic E-state index is 0.00987. The molecule has 5 heteroatoms. The quantitative estimate of drug-likeness (QED) is 0.902. The molecule has 1 aromatic rings. The van der Waals surface area contributed by atoms with Crippen molar-refractivity contribution in [2.45, 2.75) is 32.2 Å². The molecule has 0 atom stereocenters. The molecule has 116 valence electrons. The highest BCUT2D eigenvalue weighted by Gasteiger charge is 2.24. The standard InChI is InChI=1S/C16H24N2O3/c1-3-10-21-15-11-13(20-2)4-5-14(15)16(19)18-8-6-12(17)7-9-18/h4-5,11-12H,3,6-10,17H2,1-2H3. The van der Waals surface area contributed by atoms with Crippen molar-refractivity contribution in [3.8, 4) is 11.5 Å². The van der Waals surface area contributed by atoms with E-state index in [1.807, 2.05) is 11.8 Å². The first-order valence-corrected chi connectivity index (χ1v) is 7.51. The summed E-state index contributed by atoms with van der Waals surface area (Å²) in [6.45, 7) is 4.03. The maximum Gasteiger partial charge on any atom is 0.257 e. The maximum atomic E-state index is 12.7. The third kappa shape index (κ3) is 3.88. The summed E-state index contributed by atoms with van der Waals surface area (Å²) in [6.07, 6.45) is 2.60. The molecule has 2 N–H and O–H groups in total. The Labute approximate surface area is 126 Å². The molecular formula is C16H24N2O3. The van der Waals surface area contributed by atoms with Crippen LogP contribution in [0.2, 0.25) is 0 Å². The highest BCUT2D eigenvalue weighted by atomic mass is 16.5. The number of nitrogens with two attached hydrogens (primary N) is 1. The monoisotopic (exact) mass is 292 g/mol. The number of piperidine rings is 1. The van der Waals surface area contributed by atoms with Gasteiger partial charge < -0.3 is 20.1 Å². The van der Waals surface area contributed by atoms with E-state index in [1.54, 1.807) is 25.3 Å². The first-order chi connectivity index (χ1) is 10.2. The third-order valence-electron chi connectivity index (χ3n) is 3.71. The van der Waals surface area contributed by atoms with Gasteiger partial charge in [0.2, 0.25) is 0 Å². The summed E-state index contributed by atoms with van der Waals surface area (Å²) in [5.41, 5.74) is 6.49. The number of methoxy groups -OCH3 is 1. The molecule has 1 fully saturated rings. The zero-order valence-corrected chi connectivity index (χ0v) is 12.8. The van der Waals surface area contributed by atoms with Crippen LogP contribution in [0.25, 0.3) is 0 Å². The van der Waals surface area contributed by atoms with E-state index in [-0.39, 0.29) is 11.9 Å². The molecule has 2 rings (SSSR count). The van der Waals surface area contributed by atoms with E-state index in [1.165, 1.54) is 0 Å². The molecule has 1 aliphatic heterocycles. The number of carbonyl (C=O) groups is 1. The van der Waals surface area contributed by atoms with Crippen LogP contribution >= 0.6 is 0 Å². The molecule has 1 aromatic carbocycles. The topological polar surface area (TPSA) is 64.8 Å². The van der Waals surface area contributed by atoms with Crippen LogP contribution in [0.1, 0.15) is 36.5 Å². The van der Waals surface area contributed by atoms with Crippen molar-refractivity contribution in [2.75, 3.05) is 26.8 Å². The van der Waals surface area contributed by atoms with Crippen LogP contribution < -0.4 is 15.2 Å². The van der Waals surface area contributed by atoms with Crippen molar-refractivity contribution in [2.24, 2.45) is 5.73 Å². The molecule has 1 aliphatic rings. The lowest BCUT2D eigenvalue weighted by atomic mass is 10.0. The first kappa shape index (κ1) is 15.6. The van der Waals surface area contributed by atoms with Crippen molar-refractivity contribution in [3.63, 3.8) is 0 Å². The normalized spacial score (nSPS) is 15.9. The first-order valence-electron chi connectivity index (χ1n) is 7.51. The molecule has 0 spiro atoms. The van der Waals surface area contributed by atoms with Crippen LogP contribution in [0.4, 0.5) is 0 Å². The van der Waals surface area contributed by atoms with Gasteiger partial charge in [-0.1, -0.05) is 6.92 Å². The fourth-order valence-corrected chi connectivity index (χ4v) is 2.41. The van der Waals surface area contributed by atoms with E-state index in [0.717, 1.165) is 19.3 Å². The number of hydrogen-bond acceptors (Lipinski definition) is 4. The Bertz CT molecular complexity index is 482. The second-order valence-electron chi connectivity index (χ2n) is 5.34. The van der Waals surface area contributed by atoms with E-state index in [0.29, 0.717) is 36.8 Å². The molecule has 5 nitrogen and oxygen atoms in total. The number of carbonyl (C=O) groups excluding carboxylic acids is 1. The van der Waals surface area contributed by atoms with Gasteiger partial charge in [-0.15, -0.1) is 0 Å². The lowest BCUT2D eigenvalue weighted by molar-refractivity contribution is 0.0710. The number of ether oxygens (including phenoxy) is 2. The van der Waals surface area contributed by atoms with Crippen LogP contribution in [-0.2, 0) is 0 Å². The average Bonchev–Trinajstić information content (AvgIpc) is 2.52. The molecule has 0 bridgehead atoms. The van der Waals surface area contributed by atoms with Crippen LogP contribution in [0.5, 0.6) is 11.5 Å². The Morgan fingerprint density at radius 1 is 1.38 bits per heavy atom. The minimum absolute atomic E-state index is 0.00987. The Balaban J connectivity index is 2.18. The summed E-state index contributed by atoms with van der Waals surface area (Å²) >= 11 is 0. The van der Waals surface area contributed by atoms with Gasteiger partial charge in [-0.05, 0) is 31.4 Å². The Morgan fingerprint density at radius 2 is 2.10 bits per heavy atom. The number of nitrogens with zero attached hydrogens (tertiary/aromatic N) is 1. The number of hydrogen-bond donors (Lipinski definition) is 1. The fraction of sp³-hybridized carbons (Fsp3) is 0.562. The molecule has 21 heavy (non-hydrogen) atoms. The van der Waals surface area contributed by atoms with Crippen LogP contribution in [-0.4, -0.2) is 43.7 Å². The summed E-state index contributed by atoms with van der Waals surface area (Å²) in [5, 5.41) is 0. The van der Waals surface area contributed by atoms with Crippen LogP contribution in [0, 0.1) is 0 Å². The van der Waals surface area contributed by atoms with Gasteiger partial charge >= 0.3 is 0 Å². The molecule has 0 radical (unpaired) electrons. The van der Waals surface area contributed by atoms with E-state index in [4.69, 9.17) is 15.2 Å². The summed E-state index contributed by atoms with van der Waals surface area (Å²) in [6, 6.07) is 5.56. The molecule has 0 aromatic heterocycles. The number of amides is 1. The van der Waals surface area contributed by atoms with Gasteiger partial charge in [0.1, 0.15) is 11.5 Å². The molecule has 1 heterocycles. The second-order valence-corrected chi connectivity index (χ2v) is 5.34. The SMILES string of the molecule is CCCOc1cc(OC)ccc1C(=O)N1CCC(N)CC1. The van der Waals surface area contributed by atoms with Crippen molar-refractivity contribution in [3.05, 3.63) is 23.8 Å². The van der Waals surface area contributed by atoms with E-state index >= 15 is 0 Å². The molecular weight excluding hydrogens is 268 g/mol. The zero-order valence-electron chi connectivity index (χ0n) is 12.8. The zero-order chi connectivity index (χ0) is 15.2. The average molecular weight is 292 g/mol. The minimum Gasteiger partial charge on any atom is -0.497 e. The van der Waals surface area contributed by atoms with E-state index in [9.17, 15) is 4.79 Å². The van der Waals surface area contributed by atoms with E-state index in [2.05, 4.69) is 0 Å². The van der Waals surface area contributed by atoms with Crippen molar-refractivity contribution >= 4 is 5.91 Å². The molecule has 0 aliphatic carbocycles. The number of likely N-dealkylation sites (tertiary alicyclic amines) is 1. The maximum absolute atomic E-state index is 12.7. The summed E-state index contributed by atoms with van der Waals surface area (Å²) in [7, 11) is 1.60. The second kappa shape index (κ2) is 7.31. The Hall–Kier alpha value is -1.75. The predicted octanol–water partition coefficient (Wildman–Crippen LogP) is 2.05. The van der Waals surface area contributed by atoms with Gasteiger partial charge in [0.15, 0.2) is 0 Å². The third-order valence-corrected chi connectivity index (χ3v) is 3.71. The predicted molar refractivity (Wildman–Crippen MR) is 81.9 cm³/mol. The number of rotatable bonds is 5. The van der Waals surface area contributed by atoms with Crippen molar-refractivity contribution in [1.82, 2.24) is 4.90 Å². The largest absolute Gasteiger partial charge is 0.497 e. The van der Waals surface area contributed by atoms with Gasteiger partial charge in [0.25, 0.3) is 5.91 Å². The summed E-state index contributed by atoms with van der Waals surface area (Å²) in [4.78, 5) is 14.5. The van der Waals surface area contributed by atoms with Crippen molar-refractivity contribution in [1.29, 1.82) is 0 Å². The van der Waals surface area contributed by atoms with Crippen LogP contribution in [0.3, 0.4) is 0 Å². The summed E-state index contributed by atoms with van der Waals surface area (Å²) < 4.78 is 10.9. The highest BCUT2D eigenvalue weighted by Crippen LogP contribution is 2.27. The Kier molecular flexibility index (Phi) is 5.44. The van der Waals surface area contributed by atoms with Gasteiger partial charge in [-0.25, -0.2) is 0 Å². The molecule has 0 unspecified atom stereocenters. The van der Waals surface area contributed by atoms with Gasteiger partial charge in [-0.2, -0.15) is 0 Å².